The lowest BCUT2D eigenvalue weighted by Gasteiger charge is -2.19. The summed E-state index contributed by atoms with van der Waals surface area (Å²) < 4.78 is 15.7. The molecule has 2 heterocycles. The van der Waals surface area contributed by atoms with E-state index in [2.05, 4.69) is 20.4 Å². The molecule has 164 valence electrons. The summed E-state index contributed by atoms with van der Waals surface area (Å²) in [4.78, 5) is 20.2. The first kappa shape index (κ1) is 20.6. The highest BCUT2D eigenvalue weighted by Gasteiger charge is 2.50. The molecule has 3 N–H and O–H groups in total. The molecule has 4 aromatic rings. The first-order chi connectivity index (χ1) is 15.9. The number of hydrogen-bond donors (Lipinski definition) is 3. The van der Waals surface area contributed by atoms with Gasteiger partial charge in [-0.15, -0.1) is 0 Å². The molecule has 0 bridgehead atoms. The van der Waals surface area contributed by atoms with Gasteiger partial charge in [0, 0.05) is 24.2 Å². The quantitative estimate of drug-likeness (QED) is 0.333. The number of nitrogens with one attached hydrogen (secondary N) is 3. The SMILES string of the molecule is CNC(=O)c1ccc(-c2cnc(=N)n(C(=N)C3(c4ccc5ncccc5c4)CC3)n2)cc1F. The molecule has 1 saturated carbocycles. The molecule has 1 aliphatic carbocycles. The highest BCUT2D eigenvalue weighted by atomic mass is 19.1. The molecule has 1 aliphatic rings. The highest BCUT2D eigenvalue weighted by Crippen LogP contribution is 2.49. The molecule has 2 aromatic carbocycles. The summed E-state index contributed by atoms with van der Waals surface area (Å²) in [6.45, 7) is 0. The Morgan fingerprint density at radius 1 is 1.15 bits per heavy atom. The second-order valence-electron chi connectivity index (χ2n) is 7.99. The summed E-state index contributed by atoms with van der Waals surface area (Å²) in [6, 6.07) is 13.9. The summed E-state index contributed by atoms with van der Waals surface area (Å²) in [7, 11) is 1.43. The van der Waals surface area contributed by atoms with Crippen LogP contribution in [0.4, 0.5) is 4.39 Å². The molecule has 33 heavy (non-hydrogen) atoms. The smallest absolute Gasteiger partial charge is 0.253 e. The van der Waals surface area contributed by atoms with Crippen molar-refractivity contribution in [3.05, 3.63) is 83.5 Å². The molecule has 1 fully saturated rings. The van der Waals surface area contributed by atoms with E-state index in [0.717, 1.165) is 29.3 Å². The molecule has 0 spiro atoms. The first-order valence-electron chi connectivity index (χ1n) is 10.4. The Morgan fingerprint density at radius 2 is 1.97 bits per heavy atom. The third kappa shape index (κ3) is 3.47. The van der Waals surface area contributed by atoms with Crippen molar-refractivity contribution < 1.29 is 9.18 Å². The summed E-state index contributed by atoms with van der Waals surface area (Å²) in [6.07, 6.45) is 4.61. The van der Waals surface area contributed by atoms with E-state index in [1.165, 1.54) is 30.1 Å². The van der Waals surface area contributed by atoms with Gasteiger partial charge in [0.25, 0.3) is 5.91 Å². The van der Waals surface area contributed by atoms with Crippen LogP contribution in [0.15, 0.2) is 60.9 Å². The lowest BCUT2D eigenvalue weighted by Crippen LogP contribution is -2.38. The minimum Gasteiger partial charge on any atom is -0.355 e. The van der Waals surface area contributed by atoms with Gasteiger partial charge in [-0.05, 0) is 48.7 Å². The van der Waals surface area contributed by atoms with Crippen LogP contribution in [0.2, 0.25) is 0 Å². The Kier molecular flexibility index (Phi) is 4.81. The van der Waals surface area contributed by atoms with Gasteiger partial charge >= 0.3 is 0 Å². The largest absolute Gasteiger partial charge is 0.355 e. The van der Waals surface area contributed by atoms with Gasteiger partial charge in [-0.1, -0.05) is 18.2 Å². The van der Waals surface area contributed by atoms with Gasteiger partial charge in [0.05, 0.1) is 22.7 Å². The molecule has 0 aliphatic heterocycles. The van der Waals surface area contributed by atoms with Gasteiger partial charge in [0.2, 0.25) is 5.62 Å². The maximum atomic E-state index is 14.5. The van der Waals surface area contributed by atoms with Gasteiger partial charge in [0.1, 0.15) is 17.3 Å². The number of rotatable bonds is 4. The summed E-state index contributed by atoms with van der Waals surface area (Å²) >= 11 is 0. The van der Waals surface area contributed by atoms with Crippen LogP contribution in [0.1, 0.15) is 28.8 Å². The van der Waals surface area contributed by atoms with Crippen LogP contribution in [-0.2, 0) is 5.41 Å². The Labute approximate surface area is 188 Å². The average Bonchev–Trinajstić information content (AvgIpc) is 3.65. The zero-order chi connectivity index (χ0) is 23.2. The van der Waals surface area contributed by atoms with E-state index in [-0.39, 0.29) is 17.0 Å². The van der Waals surface area contributed by atoms with E-state index >= 15 is 0 Å². The van der Waals surface area contributed by atoms with E-state index in [1.54, 1.807) is 12.3 Å². The van der Waals surface area contributed by atoms with Crippen molar-refractivity contribution in [2.75, 3.05) is 7.05 Å². The van der Waals surface area contributed by atoms with Crippen molar-refractivity contribution in [1.82, 2.24) is 25.1 Å². The number of fused-ring (bicyclic) bond motifs is 1. The monoisotopic (exact) mass is 441 g/mol. The molecule has 2 aromatic heterocycles. The maximum Gasteiger partial charge on any atom is 0.253 e. The lowest BCUT2D eigenvalue weighted by molar-refractivity contribution is 0.0959. The molecule has 5 rings (SSSR count). The van der Waals surface area contributed by atoms with Crippen LogP contribution < -0.4 is 10.9 Å². The average molecular weight is 441 g/mol. The Morgan fingerprint density at radius 3 is 2.70 bits per heavy atom. The minimum absolute atomic E-state index is 0.0744. The lowest BCUT2D eigenvalue weighted by atomic mass is 9.93. The predicted octanol–water partition coefficient (Wildman–Crippen LogP) is 3.03. The molecular formula is C24H20FN7O. The number of carbonyl (C=O) groups excluding carboxylic acids is 1. The number of halogens is 1. The van der Waals surface area contributed by atoms with Crippen molar-refractivity contribution in [3.63, 3.8) is 0 Å². The molecular weight excluding hydrogens is 421 g/mol. The molecule has 9 heteroatoms. The fraction of sp³-hybridized carbons (Fsp3) is 0.167. The molecule has 0 saturated heterocycles. The van der Waals surface area contributed by atoms with Crippen molar-refractivity contribution in [1.29, 1.82) is 10.8 Å². The third-order valence-corrected chi connectivity index (χ3v) is 6.02. The number of nitrogens with zero attached hydrogens (tertiary/aromatic N) is 4. The van der Waals surface area contributed by atoms with E-state index in [1.807, 2.05) is 30.3 Å². The van der Waals surface area contributed by atoms with Crippen molar-refractivity contribution >= 4 is 22.6 Å². The summed E-state index contributed by atoms with van der Waals surface area (Å²) in [5.41, 5.74) is 1.73. The number of aromatic nitrogens is 4. The molecule has 0 unspecified atom stereocenters. The van der Waals surface area contributed by atoms with Crippen molar-refractivity contribution in [2.24, 2.45) is 0 Å². The van der Waals surface area contributed by atoms with E-state index in [4.69, 9.17) is 10.8 Å². The van der Waals surface area contributed by atoms with Crippen LogP contribution in [0.25, 0.3) is 22.2 Å². The number of amides is 1. The van der Waals surface area contributed by atoms with Crippen LogP contribution in [0, 0.1) is 16.6 Å². The van der Waals surface area contributed by atoms with Crippen LogP contribution in [0.3, 0.4) is 0 Å². The van der Waals surface area contributed by atoms with E-state index < -0.39 is 17.1 Å². The second kappa shape index (κ2) is 7.70. The van der Waals surface area contributed by atoms with Gasteiger partial charge < -0.3 is 5.32 Å². The van der Waals surface area contributed by atoms with Gasteiger partial charge in [-0.3, -0.25) is 20.6 Å². The van der Waals surface area contributed by atoms with E-state index in [9.17, 15) is 9.18 Å². The second-order valence-corrected chi connectivity index (χ2v) is 7.99. The summed E-state index contributed by atoms with van der Waals surface area (Å²) in [5.74, 6) is -1.06. The Balaban J connectivity index is 1.53. The van der Waals surface area contributed by atoms with Crippen LogP contribution >= 0.6 is 0 Å². The maximum absolute atomic E-state index is 14.5. The molecule has 0 radical (unpaired) electrons. The number of pyridine rings is 1. The van der Waals surface area contributed by atoms with Crippen LogP contribution in [0.5, 0.6) is 0 Å². The van der Waals surface area contributed by atoms with Gasteiger partial charge in [-0.2, -0.15) is 9.78 Å². The van der Waals surface area contributed by atoms with Crippen LogP contribution in [-0.4, -0.2) is 38.5 Å². The number of benzene rings is 2. The van der Waals surface area contributed by atoms with Gasteiger partial charge in [0.15, 0.2) is 0 Å². The predicted molar refractivity (Wildman–Crippen MR) is 120 cm³/mol. The minimum atomic E-state index is -0.686. The zero-order valence-electron chi connectivity index (χ0n) is 17.8. The fourth-order valence-electron chi connectivity index (χ4n) is 4.00. The Hall–Kier alpha value is -4.27. The van der Waals surface area contributed by atoms with E-state index in [0.29, 0.717) is 11.3 Å². The first-order valence-corrected chi connectivity index (χ1v) is 10.4. The zero-order valence-corrected chi connectivity index (χ0v) is 17.8. The van der Waals surface area contributed by atoms with Crippen molar-refractivity contribution in [2.45, 2.75) is 18.3 Å². The summed E-state index contributed by atoms with van der Waals surface area (Å²) in [5, 5.41) is 24.9. The number of hydrogen-bond acceptors (Lipinski definition) is 6. The van der Waals surface area contributed by atoms with Crippen molar-refractivity contribution in [3.8, 4) is 11.3 Å². The fourth-order valence-corrected chi connectivity index (χ4v) is 4.00. The van der Waals surface area contributed by atoms with Gasteiger partial charge in [-0.25, -0.2) is 9.37 Å². The third-order valence-electron chi connectivity index (χ3n) is 6.02. The normalized spacial score (nSPS) is 14.1. The topological polar surface area (TPSA) is 120 Å². The molecule has 0 atom stereocenters. The number of carbonyl (C=O) groups is 1. The molecule has 1 amide bonds. The molecule has 8 nitrogen and oxygen atoms in total. The standard InChI is InChI=1S/C24H20FN7O/c1-28-21(33)17-6-4-15(12-18(17)25)20-13-30-23(27)32(31-20)22(26)24(8-9-24)16-5-7-19-14(11-16)3-2-10-29-19/h2-7,10-13,26-27H,8-9H2,1H3,(H,28,33). The Bertz CT molecular complexity index is 1490. The highest BCUT2D eigenvalue weighted by molar-refractivity contribution is 5.96.